The summed E-state index contributed by atoms with van der Waals surface area (Å²) < 4.78 is 0. The van der Waals surface area contributed by atoms with Crippen molar-refractivity contribution in [1.29, 1.82) is 0 Å². The molecule has 3 amide bonds. The summed E-state index contributed by atoms with van der Waals surface area (Å²) in [5.41, 5.74) is 5.33. The highest BCUT2D eigenvalue weighted by molar-refractivity contribution is 7.15. The van der Waals surface area contributed by atoms with Crippen LogP contribution in [0.1, 0.15) is 81.7 Å². The minimum atomic E-state index is -0.689. The Labute approximate surface area is 222 Å². The zero-order valence-corrected chi connectivity index (χ0v) is 22.7. The topological polar surface area (TPSA) is 146 Å². The highest BCUT2D eigenvalue weighted by Gasteiger charge is 2.59. The number of hydrogen-bond acceptors (Lipinski definition) is 7. The van der Waals surface area contributed by atoms with Gasteiger partial charge in [-0.3, -0.25) is 14.4 Å². The summed E-state index contributed by atoms with van der Waals surface area (Å²) in [6.45, 7) is 5.04. The molecule has 2 heterocycles. The normalized spacial score (nSPS) is 34.3. The molecule has 4 aliphatic rings. The number of fused-ring (bicyclic) bond motifs is 2. The first-order valence-electron chi connectivity index (χ1n) is 13.7. The van der Waals surface area contributed by atoms with Crippen molar-refractivity contribution in [3.05, 3.63) is 10.6 Å². The largest absolute Gasteiger partial charge is 0.396 e. The van der Waals surface area contributed by atoms with Gasteiger partial charge < -0.3 is 26.2 Å². The fourth-order valence-corrected chi connectivity index (χ4v) is 8.37. The number of primary amides is 1. The monoisotopic (exact) mass is 532 g/mol. The number of nitrogens with one attached hydrogen (secondary N) is 1. The van der Waals surface area contributed by atoms with Gasteiger partial charge in [0.05, 0.1) is 18.4 Å². The highest BCUT2D eigenvalue weighted by Crippen LogP contribution is 2.63. The van der Waals surface area contributed by atoms with E-state index in [1.807, 2.05) is 11.8 Å². The number of carbonyl (C=O) groups excluding carboxylic acids is 3. The molecule has 2 saturated carbocycles. The predicted molar refractivity (Wildman–Crippen MR) is 140 cm³/mol. The Morgan fingerprint density at radius 2 is 1.84 bits per heavy atom. The number of likely N-dealkylation sites (tertiary alicyclic amines) is 1. The molecule has 0 spiro atoms. The van der Waals surface area contributed by atoms with Crippen LogP contribution in [0.5, 0.6) is 0 Å². The van der Waals surface area contributed by atoms with Crippen LogP contribution in [-0.2, 0) is 20.8 Å². The molecule has 204 valence electrons. The zero-order chi connectivity index (χ0) is 26.5. The van der Waals surface area contributed by atoms with E-state index in [4.69, 9.17) is 10.7 Å². The molecule has 0 radical (unpaired) electrons. The third-order valence-electron chi connectivity index (χ3n) is 10.2. The van der Waals surface area contributed by atoms with Crippen LogP contribution in [0.2, 0.25) is 0 Å². The molecule has 10 heteroatoms. The Kier molecular flexibility index (Phi) is 7.13. The van der Waals surface area contributed by atoms with Crippen LogP contribution < -0.4 is 11.1 Å². The van der Waals surface area contributed by atoms with Crippen molar-refractivity contribution in [3.8, 4) is 0 Å². The minimum absolute atomic E-state index is 0.0153. The number of aliphatic hydroxyl groups excluding tert-OH is 2. The number of nitrogens with two attached hydrogens (primary N) is 1. The van der Waals surface area contributed by atoms with Gasteiger partial charge >= 0.3 is 0 Å². The van der Waals surface area contributed by atoms with Crippen LogP contribution in [0, 0.1) is 28.6 Å². The summed E-state index contributed by atoms with van der Waals surface area (Å²) in [4.78, 5) is 45.6. The van der Waals surface area contributed by atoms with Gasteiger partial charge in [0.25, 0.3) is 0 Å². The van der Waals surface area contributed by atoms with Gasteiger partial charge in [-0.15, -0.1) is 11.3 Å². The number of carbonyl (C=O) groups is 3. The van der Waals surface area contributed by atoms with Gasteiger partial charge in [-0.1, -0.05) is 20.3 Å². The quantitative estimate of drug-likeness (QED) is 0.443. The molecule has 0 aromatic carbocycles. The van der Waals surface area contributed by atoms with Crippen molar-refractivity contribution in [1.82, 2.24) is 9.88 Å². The lowest BCUT2D eigenvalue weighted by atomic mass is 9.47. The Morgan fingerprint density at radius 3 is 2.43 bits per heavy atom. The van der Waals surface area contributed by atoms with E-state index in [1.165, 1.54) is 11.3 Å². The SMILES string of the molecule is CC1(CO)C(O)CCC2(C)C(CC(=O)N3CCC(C(N)=O)CC3)c3nc(NC(=O)C4CCC4)sc3CC12. The van der Waals surface area contributed by atoms with Gasteiger partial charge in [0.15, 0.2) is 5.13 Å². The number of piperidine rings is 1. The molecule has 1 aromatic rings. The second kappa shape index (κ2) is 9.93. The summed E-state index contributed by atoms with van der Waals surface area (Å²) in [6.07, 6.45) is 5.67. The zero-order valence-electron chi connectivity index (χ0n) is 21.9. The van der Waals surface area contributed by atoms with Gasteiger partial charge in [-0.2, -0.15) is 0 Å². The van der Waals surface area contributed by atoms with E-state index < -0.39 is 11.5 Å². The molecule has 0 bridgehead atoms. The van der Waals surface area contributed by atoms with Gasteiger partial charge in [0.2, 0.25) is 17.7 Å². The van der Waals surface area contributed by atoms with Crippen molar-refractivity contribution in [2.75, 3.05) is 25.0 Å². The van der Waals surface area contributed by atoms with Crippen LogP contribution in [0.15, 0.2) is 0 Å². The van der Waals surface area contributed by atoms with E-state index in [0.717, 1.165) is 36.3 Å². The number of rotatable bonds is 6. The average molecular weight is 533 g/mol. The third kappa shape index (κ3) is 4.59. The smallest absolute Gasteiger partial charge is 0.229 e. The Hall–Kier alpha value is -2.04. The van der Waals surface area contributed by atoms with Crippen LogP contribution >= 0.6 is 11.3 Å². The molecule has 5 N–H and O–H groups in total. The Bertz CT molecular complexity index is 1070. The molecule has 5 rings (SSSR count). The number of thiazole rings is 1. The maximum Gasteiger partial charge on any atom is 0.229 e. The first-order chi connectivity index (χ1) is 17.6. The van der Waals surface area contributed by atoms with Crippen molar-refractivity contribution in [2.45, 2.75) is 83.7 Å². The van der Waals surface area contributed by atoms with Gasteiger partial charge in [-0.25, -0.2) is 4.98 Å². The van der Waals surface area contributed by atoms with Crippen molar-refractivity contribution in [2.24, 2.45) is 34.3 Å². The Morgan fingerprint density at radius 1 is 1.14 bits per heavy atom. The number of nitrogens with zero attached hydrogens (tertiary/aromatic N) is 2. The van der Waals surface area contributed by atoms with Crippen LogP contribution in [0.25, 0.3) is 0 Å². The molecule has 1 aromatic heterocycles. The summed E-state index contributed by atoms with van der Waals surface area (Å²) >= 11 is 1.47. The molecule has 1 aliphatic heterocycles. The number of anilines is 1. The van der Waals surface area contributed by atoms with E-state index in [1.54, 1.807) is 0 Å². The van der Waals surface area contributed by atoms with Crippen LogP contribution in [-0.4, -0.2) is 63.6 Å². The molecule has 37 heavy (non-hydrogen) atoms. The second-order valence-corrected chi connectivity index (χ2v) is 13.3. The second-order valence-electron chi connectivity index (χ2n) is 12.2. The maximum absolute atomic E-state index is 13.6. The maximum atomic E-state index is 13.6. The number of hydrogen-bond donors (Lipinski definition) is 4. The van der Waals surface area contributed by atoms with Crippen molar-refractivity contribution >= 4 is 34.2 Å². The number of aromatic nitrogens is 1. The minimum Gasteiger partial charge on any atom is -0.396 e. The molecule has 3 fully saturated rings. The van der Waals surface area contributed by atoms with E-state index in [-0.39, 0.29) is 59.8 Å². The summed E-state index contributed by atoms with van der Waals surface area (Å²) in [6, 6.07) is 0. The first kappa shape index (κ1) is 26.6. The third-order valence-corrected chi connectivity index (χ3v) is 11.2. The fraction of sp³-hybridized carbons (Fsp3) is 0.778. The van der Waals surface area contributed by atoms with E-state index >= 15 is 0 Å². The van der Waals surface area contributed by atoms with Crippen LogP contribution in [0.3, 0.4) is 0 Å². The molecular weight excluding hydrogens is 492 g/mol. The van der Waals surface area contributed by atoms with E-state index in [2.05, 4.69) is 12.2 Å². The van der Waals surface area contributed by atoms with E-state index in [9.17, 15) is 24.6 Å². The molecule has 5 atom stereocenters. The molecule has 5 unspecified atom stereocenters. The van der Waals surface area contributed by atoms with Crippen molar-refractivity contribution < 1.29 is 24.6 Å². The molecular formula is C27H40N4O5S. The molecule has 9 nitrogen and oxygen atoms in total. The lowest BCUT2D eigenvalue weighted by Crippen LogP contribution is -2.58. The first-order valence-corrected chi connectivity index (χ1v) is 14.5. The van der Waals surface area contributed by atoms with Crippen LogP contribution in [0.4, 0.5) is 5.13 Å². The fourth-order valence-electron chi connectivity index (χ4n) is 7.29. The van der Waals surface area contributed by atoms with Gasteiger partial charge in [-0.05, 0) is 56.3 Å². The predicted octanol–water partition coefficient (Wildman–Crippen LogP) is 2.41. The number of aliphatic hydroxyl groups is 2. The Balaban J connectivity index is 1.44. The van der Waals surface area contributed by atoms with Gasteiger partial charge in [0, 0.05) is 47.6 Å². The van der Waals surface area contributed by atoms with E-state index in [0.29, 0.717) is 43.9 Å². The summed E-state index contributed by atoms with van der Waals surface area (Å²) in [7, 11) is 0. The van der Waals surface area contributed by atoms with Crippen molar-refractivity contribution in [3.63, 3.8) is 0 Å². The number of amides is 3. The summed E-state index contributed by atoms with van der Waals surface area (Å²) in [5, 5.41) is 25.0. The summed E-state index contributed by atoms with van der Waals surface area (Å²) in [5.74, 6) is -0.608. The lowest BCUT2D eigenvalue weighted by Gasteiger charge is -2.58. The molecule has 3 aliphatic carbocycles. The average Bonchev–Trinajstić information content (AvgIpc) is 3.23. The standard InChI is InChI=1S/C27H40N4O5S/c1-26-9-6-20(33)27(2,14-32)19(26)13-18-22(29-25(37-18)30-24(36)16-4-3-5-16)17(26)12-21(34)31-10-7-15(8-11-31)23(28)35/h15-17,19-20,32-33H,3-14H2,1-2H3,(H2,28,35)(H,29,30,36). The lowest BCUT2D eigenvalue weighted by molar-refractivity contribution is -0.148. The van der Waals surface area contributed by atoms with Gasteiger partial charge in [0.1, 0.15) is 0 Å². The molecule has 1 saturated heterocycles. The highest BCUT2D eigenvalue weighted by atomic mass is 32.1.